The number of ether oxygens (including phenoxy) is 1. The van der Waals surface area contributed by atoms with E-state index in [9.17, 15) is 13.2 Å². The molecule has 1 fully saturated rings. The summed E-state index contributed by atoms with van der Waals surface area (Å²) in [5.74, 6) is 0. The summed E-state index contributed by atoms with van der Waals surface area (Å²) >= 11 is 0. The van der Waals surface area contributed by atoms with E-state index in [1.54, 1.807) is 12.1 Å². The third kappa shape index (κ3) is 5.63. The molecule has 5 rings (SSSR count). The molecular weight excluding hydrogens is 522 g/mol. The third-order valence-electron chi connectivity index (χ3n) is 7.53. The number of amides is 1. The van der Waals surface area contributed by atoms with Crippen LogP contribution >= 0.6 is 0 Å². The fourth-order valence-electron chi connectivity index (χ4n) is 5.48. The molecule has 1 aliphatic rings. The lowest BCUT2D eigenvalue weighted by Crippen LogP contribution is -2.41. The van der Waals surface area contributed by atoms with Gasteiger partial charge in [-0.3, -0.25) is 4.98 Å². The summed E-state index contributed by atoms with van der Waals surface area (Å²) in [6.07, 6.45) is 3.94. The fraction of sp³-hybridized carbons (Fsp3) is 0.375. The van der Waals surface area contributed by atoms with E-state index >= 15 is 0 Å². The van der Waals surface area contributed by atoms with Crippen molar-refractivity contribution in [2.24, 2.45) is 7.05 Å². The molecule has 40 heavy (non-hydrogen) atoms. The first kappa shape index (κ1) is 27.9. The van der Waals surface area contributed by atoms with Gasteiger partial charge < -0.3 is 14.2 Å². The summed E-state index contributed by atoms with van der Waals surface area (Å²) < 4.78 is 31.6. The van der Waals surface area contributed by atoms with E-state index in [4.69, 9.17) is 9.72 Å². The Balaban J connectivity index is 1.44. The maximum absolute atomic E-state index is 12.9. The van der Waals surface area contributed by atoms with Crippen LogP contribution in [0.3, 0.4) is 0 Å². The van der Waals surface area contributed by atoms with Crippen LogP contribution in [0.1, 0.15) is 57.3 Å². The number of piperidine rings is 1. The Morgan fingerprint density at radius 3 is 2.25 bits per heavy atom. The molecule has 0 aliphatic carbocycles. The van der Waals surface area contributed by atoms with Crippen LogP contribution in [0.15, 0.2) is 65.6 Å². The van der Waals surface area contributed by atoms with E-state index in [0.29, 0.717) is 11.4 Å². The number of rotatable bonds is 4. The average Bonchev–Trinajstić information content (AvgIpc) is 3.24. The van der Waals surface area contributed by atoms with Crippen molar-refractivity contribution in [1.82, 2.24) is 14.5 Å². The van der Waals surface area contributed by atoms with Crippen molar-refractivity contribution in [3.63, 3.8) is 0 Å². The molecule has 1 aliphatic heterocycles. The van der Waals surface area contributed by atoms with E-state index in [1.165, 1.54) is 6.26 Å². The molecule has 0 bridgehead atoms. The first-order valence-corrected chi connectivity index (χ1v) is 15.6. The Labute approximate surface area is 236 Å². The Morgan fingerprint density at radius 2 is 1.62 bits per heavy atom. The summed E-state index contributed by atoms with van der Waals surface area (Å²) in [6, 6.07) is 19.6. The standard InChI is InChI=1S/C32H37N3O4S/c1-21-26-19-29(24-14-16-25(17-15-24)40(6,37)38)34(5)30(26)20-27(33-21)22-10-12-23(13-11-22)28-9-7-8-18-35(28)31(36)39-32(2,3)4/h10-17,19-20,28H,7-9,18H2,1-6H3. The van der Waals surface area contributed by atoms with Gasteiger partial charge in [0.05, 0.1) is 22.1 Å². The highest BCUT2D eigenvalue weighted by molar-refractivity contribution is 7.90. The summed E-state index contributed by atoms with van der Waals surface area (Å²) in [6.45, 7) is 8.40. The van der Waals surface area contributed by atoms with Crippen molar-refractivity contribution in [2.75, 3.05) is 12.8 Å². The number of sulfone groups is 1. The molecule has 0 saturated carbocycles. The van der Waals surface area contributed by atoms with Crippen molar-refractivity contribution in [3.05, 3.63) is 71.9 Å². The topological polar surface area (TPSA) is 81.5 Å². The number of hydrogen-bond donors (Lipinski definition) is 0. The third-order valence-corrected chi connectivity index (χ3v) is 8.66. The van der Waals surface area contributed by atoms with Crippen LogP contribution in [0, 0.1) is 6.92 Å². The number of aryl methyl sites for hydroxylation is 2. The maximum atomic E-state index is 12.9. The van der Waals surface area contributed by atoms with Crippen molar-refractivity contribution in [1.29, 1.82) is 0 Å². The average molecular weight is 560 g/mol. The van der Waals surface area contributed by atoms with Crippen molar-refractivity contribution >= 4 is 26.8 Å². The first-order chi connectivity index (χ1) is 18.8. The molecule has 2 aromatic carbocycles. The van der Waals surface area contributed by atoms with Crippen molar-refractivity contribution in [3.8, 4) is 22.5 Å². The van der Waals surface area contributed by atoms with E-state index in [2.05, 4.69) is 41.0 Å². The number of carbonyl (C=O) groups is 1. The van der Waals surface area contributed by atoms with E-state index < -0.39 is 15.4 Å². The monoisotopic (exact) mass is 559 g/mol. The second-order valence-corrected chi connectivity index (χ2v) is 13.7. The number of nitrogens with zero attached hydrogens (tertiary/aromatic N) is 3. The van der Waals surface area contributed by atoms with Gasteiger partial charge in [0, 0.05) is 42.2 Å². The summed E-state index contributed by atoms with van der Waals surface area (Å²) in [4.78, 5) is 20.0. The second kappa shape index (κ2) is 10.4. The second-order valence-electron chi connectivity index (χ2n) is 11.7. The Hall–Kier alpha value is -3.65. The lowest BCUT2D eigenvalue weighted by atomic mass is 9.94. The van der Waals surface area contributed by atoms with Gasteiger partial charge in [0.2, 0.25) is 0 Å². The Kier molecular flexibility index (Phi) is 7.25. The molecule has 4 aromatic rings. The minimum atomic E-state index is -3.25. The molecular formula is C32H37N3O4S. The van der Waals surface area contributed by atoms with Crippen LogP contribution in [0.25, 0.3) is 33.4 Å². The summed E-state index contributed by atoms with van der Waals surface area (Å²) in [5, 5.41) is 1.06. The van der Waals surface area contributed by atoms with Crippen LogP contribution in [-0.4, -0.2) is 47.4 Å². The minimum absolute atomic E-state index is 0.000610. The minimum Gasteiger partial charge on any atom is -0.444 e. The number of benzene rings is 2. The molecule has 0 N–H and O–H groups in total. The van der Waals surface area contributed by atoms with Crippen LogP contribution in [0.4, 0.5) is 4.79 Å². The highest BCUT2D eigenvalue weighted by atomic mass is 32.2. The maximum Gasteiger partial charge on any atom is 0.410 e. The fourth-order valence-corrected chi connectivity index (χ4v) is 6.11. The largest absolute Gasteiger partial charge is 0.444 e. The molecule has 3 heterocycles. The van der Waals surface area contributed by atoms with Crippen LogP contribution in [0.2, 0.25) is 0 Å². The van der Waals surface area contributed by atoms with Crippen LogP contribution in [0.5, 0.6) is 0 Å². The highest BCUT2D eigenvalue weighted by Gasteiger charge is 2.31. The zero-order valence-electron chi connectivity index (χ0n) is 24.1. The predicted octanol–water partition coefficient (Wildman–Crippen LogP) is 7.08. The number of hydrogen-bond acceptors (Lipinski definition) is 5. The molecule has 2 aromatic heterocycles. The quantitative estimate of drug-likeness (QED) is 0.267. The number of likely N-dealkylation sites (tertiary alicyclic amines) is 1. The summed E-state index contributed by atoms with van der Waals surface area (Å²) in [7, 11) is -1.23. The number of aromatic nitrogens is 2. The Morgan fingerprint density at radius 1 is 0.975 bits per heavy atom. The SMILES string of the molecule is Cc1nc(-c2ccc(C3CCCCN3C(=O)OC(C)(C)C)cc2)cc2c1cc(-c1ccc(S(C)(=O)=O)cc1)n2C. The zero-order chi connectivity index (χ0) is 28.8. The van der Waals surface area contributed by atoms with E-state index in [-0.39, 0.29) is 12.1 Å². The summed E-state index contributed by atoms with van der Waals surface area (Å²) in [5.41, 5.74) is 6.38. The lowest BCUT2D eigenvalue weighted by molar-refractivity contribution is 0.00951. The van der Waals surface area contributed by atoms with Gasteiger partial charge in [0.25, 0.3) is 0 Å². The van der Waals surface area contributed by atoms with Crippen LogP contribution < -0.4 is 0 Å². The molecule has 1 unspecified atom stereocenters. The predicted molar refractivity (Wildman–Crippen MR) is 159 cm³/mol. The zero-order valence-corrected chi connectivity index (χ0v) is 24.9. The molecule has 1 saturated heterocycles. The van der Waals surface area contributed by atoms with Gasteiger partial charge in [-0.2, -0.15) is 0 Å². The number of fused-ring (bicyclic) bond motifs is 1. The van der Waals surface area contributed by atoms with Crippen LogP contribution in [-0.2, 0) is 21.6 Å². The molecule has 1 atom stereocenters. The van der Waals surface area contributed by atoms with Gasteiger partial charge in [0.15, 0.2) is 9.84 Å². The first-order valence-electron chi connectivity index (χ1n) is 13.7. The number of carbonyl (C=O) groups excluding carboxylic acids is 1. The van der Waals surface area contributed by atoms with Gasteiger partial charge in [-0.05, 0) is 82.3 Å². The highest BCUT2D eigenvalue weighted by Crippen LogP contribution is 2.35. The normalized spacial score (nSPS) is 16.4. The molecule has 0 radical (unpaired) electrons. The number of pyridine rings is 1. The van der Waals surface area contributed by atoms with Gasteiger partial charge >= 0.3 is 6.09 Å². The van der Waals surface area contributed by atoms with E-state index in [0.717, 1.165) is 63.9 Å². The molecule has 0 spiro atoms. The molecule has 7 nitrogen and oxygen atoms in total. The Bertz CT molecular complexity index is 1660. The van der Waals surface area contributed by atoms with Gasteiger partial charge in [-0.15, -0.1) is 0 Å². The van der Waals surface area contributed by atoms with Gasteiger partial charge in [-0.1, -0.05) is 36.4 Å². The van der Waals surface area contributed by atoms with Gasteiger partial charge in [-0.25, -0.2) is 13.2 Å². The van der Waals surface area contributed by atoms with E-state index in [1.807, 2.05) is 51.8 Å². The van der Waals surface area contributed by atoms with Crippen molar-refractivity contribution in [2.45, 2.75) is 63.5 Å². The molecule has 1 amide bonds. The smallest absolute Gasteiger partial charge is 0.410 e. The van der Waals surface area contributed by atoms with Gasteiger partial charge in [0.1, 0.15) is 5.60 Å². The molecule has 8 heteroatoms. The molecule has 210 valence electrons. The van der Waals surface area contributed by atoms with Crippen molar-refractivity contribution < 1.29 is 17.9 Å². The lowest BCUT2D eigenvalue weighted by Gasteiger charge is -2.37.